The molecule has 0 spiro atoms. The SMILES string of the molecule is CC(C)(C(=O)NC(CO)C(C)(C)C)C(=O)N[C@H](CO)C(C)(C)C. The van der Waals surface area contributed by atoms with Gasteiger partial charge >= 0.3 is 0 Å². The molecule has 0 aromatic carbocycles. The van der Waals surface area contributed by atoms with Crippen LogP contribution >= 0.6 is 0 Å². The van der Waals surface area contributed by atoms with Crippen molar-refractivity contribution in [3.05, 3.63) is 0 Å². The number of hydrogen-bond acceptors (Lipinski definition) is 4. The van der Waals surface area contributed by atoms with Crippen LogP contribution < -0.4 is 10.6 Å². The van der Waals surface area contributed by atoms with E-state index in [2.05, 4.69) is 10.6 Å². The summed E-state index contributed by atoms with van der Waals surface area (Å²) in [6.07, 6.45) is 0. The lowest BCUT2D eigenvalue weighted by atomic mass is 9.83. The first-order valence-electron chi connectivity index (χ1n) is 8.01. The topological polar surface area (TPSA) is 98.7 Å². The van der Waals surface area contributed by atoms with Crippen LogP contribution in [0, 0.1) is 16.2 Å². The molecule has 6 nitrogen and oxygen atoms in total. The number of aliphatic hydroxyl groups is 2. The lowest BCUT2D eigenvalue weighted by Gasteiger charge is -2.35. The van der Waals surface area contributed by atoms with Gasteiger partial charge in [0.25, 0.3) is 0 Å². The van der Waals surface area contributed by atoms with Crippen LogP contribution in [0.2, 0.25) is 0 Å². The summed E-state index contributed by atoms with van der Waals surface area (Å²) < 4.78 is 0. The quantitative estimate of drug-likeness (QED) is 0.547. The summed E-state index contributed by atoms with van der Waals surface area (Å²) in [6, 6.07) is -0.892. The van der Waals surface area contributed by atoms with Crippen LogP contribution in [0.25, 0.3) is 0 Å². The molecule has 0 aliphatic rings. The van der Waals surface area contributed by atoms with Crippen molar-refractivity contribution in [1.29, 1.82) is 0 Å². The van der Waals surface area contributed by atoms with Crippen molar-refractivity contribution >= 4 is 11.8 Å². The fraction of sp³-hybridized carbons (Fsp3) is 0.882. The summed E-state index contributed by atoms with van der Waals surface area (Å²) in [5, 5.41) is 24.4. The predicted molar refractivity (Wildman–Crippen MR) is 90.7 cm³/mol. The van der Waals surface area contributed by atoms with Crippen molar-refractivity contribution < 1.29 is 19.8 Å². The zero-order chi connectivity index (χ0) is 18.6. The van der Waals surface area contributed by atoms with E-state index in [0.29, 0.717) is 0 Å². The first-order chi connectivity index (χ1) is 10.2. The molecule has 0 aromatic heterocycles. The van der Waals surface area contributed by atoms with E-state index in [1.165, 1.54) is 13.8 Å². The van der Waals surface area contributed by atoms with Gasteiger partial charge in [-0.1, -0.05) is 41.5 Å². The Morgan fingerprint density at radius 3 is 1.17 bits per heavy atom. The normalized spacial score (nSPS) is 15.7. The average Bonchev–Trinajstić information content (AvgIpc) is 2.38. The van der Waals surface area contributed by atoms with Crippen molar-refractivity contribution in [2.75, 3.05) is 13.2 Å². The molecular weight excluding hydrogens is 296 g/mol. The maximum atomic E-state index is 12.5. The molecule has 0 rings (SSSR count). The Kier molecular flexibility index (Phi) is 7.24. The predicted octanol–water partition coefficient (Wildman–Crippen LogP) is 1.06. The van der Waals surface area contributed by atoms with Gasteiger partial charge in [0.1, 0.15) is 5.41 Å². The zero-order valence-electron chi connectivity index (χ0n) is 15.8. The van der Waals surface area contributed by atoms with Crippen molar-refractivity contribution in [3.8, 4) is 0 Å². The molecule has 0 bridgehead atoms. The van der Waals surface area contributed by atoms with Gasteiger partial charge in [-0.15, -0.1) is 0 Å². The van der Waals surface area contributed by atoms with Gasteiger partial charge in [-0.3, -0.25) is 9.59 Å². The number of nitrogens with one attached hydrogen (secondary N) is 2. The Labute approximate surface area is 140 Å². The minimum Gasteiger partial charge on any atom is -0.394 e. The molecule has 0 fully saturated rings. The second kappa shape index (κ2) is 7.62. The van der Waals surface area contributed by atoms with Crippen LogP contribution in [0.4, 0.5) is 0 Å². The Bertz CT molecular complexity index is 381. The molecule has 0 aromatic rings. The highest BCUT2D eigenvalue weighted by Crippen LogP contribution is 2.24. The van der Waals surface area contributed by atoms with Gasteiger partial charge in [-0.05, 0) is 24.7 Å². The molecule has 0 aliphatic heterocycles. The standard InChI is InChI=1S/C17H34N2O4/c1-15(2,3)11(9-20)18-13(22)17(7,8)14(23)19-12(10-21)16(4,5)6/h11-12,20-21H,9-10H2,1-8H3,(H,18,22)(H,19,23)/t11-,12?/m1/s1. The van der Waals surface area contributed by atoms with E-state index < -0.39 is 29.3 Å². The van der Waals surface area contributed by atoms with E-state index in [0.717, 1.165) is 0 Å². The highest BCUT2D eigenvalue weighted by atomic mass is 16.3. The van der Waals surface area contributed by atoms with Crippen LogP contribution in [0.15, 0.2) is 0 Å². The van der Waals surface area contributed by atoms with E-state index in [9.17, 15) is 19.8 Å². The molecule has 6 heteroatoms. The maximum absolute atomic E-state index is 12.5. The second-order valence-corrected chi connectivity index (χ2v) is 8.77. The molecular formula is C17H34N2O4. The van der Waals surface area contributed by atoms with E-state index in [-0.39, 0.29) is 24.0 Å². The van der Waals surface area contributed by atoms with Gasteiger partial charge in [0.15, 0.2) is 0 Å². The summed E-state index contributed by atoms with van der Waals surface area (Å²) in [5.74, 6) is -0.899. The fourth-order valence-electron chi connectivity index (χ4n) is 1.85. The third-order valence-corrected chi connectivity index (χ3v) is 4.20. The molecule has 23 heavy (non-hydrogen) atoms. The average molecular weight is 330 g/mol. The molecule has 2 atom stereocenters. The smallest absolute Gasteiger partial charge is 0.235 e. The van der Waals surface area contributed by atoms with Gasteiger partial charge in [-0.2, -0.15) is 0 Å². The monoisotopic (exact) mass is 330 g/mol. The summed E-state index contributed by atoms with van der Waals surface area (Å²) in [4.78, 5) is 25.0. The first-order valence-corrected chi connectivity index (χ1v) is 8.01. The lowest BCUT2D eigenvalue weighted by Crippen LogP contribution is -2.57. The number of rotatable bonds is 6. The fourth-order valence-corrected chi connectivity index (χ4v) is 1.85. The highest BCUT2D eigenvalue weighted by Gasteiger charge is 2.40. The third kappa shape index (κ3) is 6.11. The largest absolute Gasteiger partial charge is 0.394 e. The van der Waals surface area contributed by atoms with Crippen molar-refractivity contribution in [1.82, 2.24) is 10.6 Å². The van der Waals surface area contributed by atoms with Crippen molar-refractivity contribution in [3.63, 3.8) is 0 Å². The maximum Gasteiger partial charge on any atom is 0.235 e. The van der Waals surface area contributed by atoms with Crippen LogP contribution in [-0.4, -0.2) is 47.3 Å². The number of carbonyl (C=O) groups excluding carboxylic acids is 2. The summed E-state index contributed by atoms with van der Waals surface area (Å²) in [6.45, 7) is 14.1. The van der Waals surface area contributed by atoms with E-state index in [4.69, 9.17) is 0 Å². The van der Waals surface area contributed by atoms with Crippen molar-refractivity contribution in [2.24, 2.45) is 16.2 Å². The third-order valence-electron chi connectivity index (χ3n) is 4.20. The molecule has 0 saturated heterocycles. The van der Waals surface area contributed by atoms with Gasteiger partial charge in [0.2, 0.25) is 11.8 Å². The Morgan fingerprint density at radius 2 is 1.00 bits per heavy atom. The van der Waals surface area contributed by atoms with E-state index in [1.807, 2.05) is 41.5 Å². The number of aliphatic hydroxyl groups excluding tert-OH is 2. The minimum absolute atomic E-state index is 0.200. The lowest BCUT2D eigenvalue weighted by molar-refractivity contribution is -0.143. The number of hydrogen-bond donors (Lipinski definition) is 4. The molecule has 136 valence electrons. The highest BCUT2D eigenvalue weighted by molar-refractivity contribution is 6.04. The summed E-state index contributed by atoms with van der Waals surface area (Å²) >= 11 is 0. The molecule has 0 aliphatic carbocycles. The Morgan fingerprint density at radius 1 is 0.739 bits per heavy atom. The summed E-state index contributed by atoms with van der Waals surface area (Å²) in [7, 11) is 0. The number of carbonyl (C=O) groups is 2. The molecule has 4 N–H and O–H groups in total. The van der Waals surface area contributed by atoms with Crippen LogP contribution in [0.3, 0.4) is 0 Å². The zero-order valence-corrected chi connectivity index (χ0v) is 15.8. The van der Waals surface area contributed by atoms with Crippen molar-refractivity contribution in [2.45, 2.75) is 67.5 Å². The summed E-state index contributed by atoms with van der Waals surface area (Å²) in [5.41, 5.74) is -1.96. The minimum atomic E-state index is -1.31. The van der Waals surface area contributed by atoms with E-state index in [1.54, 1.807) is 0 Å². The van der Waals surface area contributed by atoms with Gasteiger partial charge in [-0.25, -0.2) is 0 Å². The van der Waals surface area contributed by atoms with Gasteiger partial charge in [0.05, 0.1) is 25.3 Å². The molecule has 1 unspecified atom stereocenters. The molecule has 0 heterocycles. The first kappa shape index (κ1) is 21.9. The van der Waals surface area contributed by atoms with E-state index >= 15 is 0 Å². The van der Waals surface area contributed by atoms with Gasteiger partial charge in [0, 0.05) is 0 Å². The Balaban J connectivity index is 5.09. The van der Waals surface area contributed by atoms with Crippen LogP contribution in [0.1, 0.15) is 55.4 Å². The van der Waals surface area contributed by atoms with Crippen LogP contribution in [0.5, 0.6) is 0 Å². The Hall–Kier alpha value is -1.14. The number of amides is 2. The second-order valence-electron chi connectivity index (χ2n) is 8.77. The molecule has 2 amide bonds. The van der Waals surface area contributed by atoms with Crippen LogP contribution in [-0.2, 0) is 9.59 Å². The molecule has 0 radical (unpaired) electrons. The molecule has 0 saturated carbocycles. The van der Waals surface area contributed by atoms with Gasteiger partial charge < -0.3 is 20.8 Å².